The molecule has 13 aromatic carbocycles. The maximum absolute atomic E-state index is 2.50. The molecule has 0 fully saturated rings. The molecule has 4 heteroatoms. The van der Waals surface area contributed by atoms with Crippen LogP contribution in [0.25, 0.3) is 92.8 Å². The number of benzene rings is 13. The van der Waals surface area contributed by atoms with E-state index in [1.807, 2.05) is 0 Å². The van der Waals surface area contributed by atoms with Gasteiger partial charge in [0.05, 0.1) is 27.5 Å². The standard InChI is InChI=1S/C84H70N2Si2/c1-87(2,3)69-49-43-65(44-50-69)85(81-33-17-25-59-21-9-13-29-75(59)81)67-47-53-77-79(55-67)83(63-39-35-61(36-40-63)73-31-15-23-57-19-7-11-27-71(57)73)78-54-48-68(56-80(78)84(77)64-41-37-62(38-42-64)74-32-16-24-58-20-8-12-28-72(58)74)86(66-45-51-70(52-46-66)88(4,5)6)82-34-18-26-60-22-10-14-30-76(60)82/h7-27,29-56,72H,28H2,1-6H3. The molecule has 2 aliphatic carbocycles. The second-order valence-electron chi connectivity index (χ2n) is 26.0. The molecule has 0 N–H and O–H groups in total. The quantitative estimate of drug-likeness (QED) is 0.0889. The summed E-state index contributed by atoms with van der Waals surface area (Å²) >= 11 is 0. The Hall–Kier alpha value is -9.85. The van der Waals surface area contributed by atoms with Gasteiger partial charge in [0, 0.05) is 39.4 Å². The number of rotatable bonds is 12. The fourth-order valence-electron chi connectivity index (χ4n) is 13.9. The molecule has 424 valence electrons. The summed E-state index contributed by atoms with van der Waals surface area (Å²) in [6.07, 6.45) is 14.6. The van der Waals surface area contributed by atoms with Gasteiger partial charge in [0.25, 0.3) is 0 Å². The molecular weight excluding hydrogens is 1090 g/mol. The maximum Gasteiger partial charge on any atom is 0.0775 e. The monoisotopic (exact) mass is 1160 g/mol. The van der Waals surface area contributed by atoms with Crippen LogP contribution < -0.4 is 20.2 Å². The van der Waals surface area contributed by atoms with Crippen LogP contribution >= 0.6 is 0 Å². The summed E-state index contributed by atoms with van der Waals surface area (Å²) in [6, 6.07) is 99.0. The van der Waals surface area contributed by atoms with E-state index in [0.29, 0.717) is 5.92 Å². The first-order valence-electron chi connectivity index (χ1n) is 31.2. The van der Waals surface area contributed by atoms with Gasteiger partial charge in [-0.15, -0.1) is 0 Å². The molecule has 2 nitrogen and oxygen atoms in total. The van der Waals surface area contributed by atoms with Gasteiger partial charge in [0.2, 0.25) is 0 Å². The Morgan fingerprint density at radius 1 is 0.330 bits per heavy atom. The third kappa shape index (κ3) is 9.93. The summed E-state index contributed by atoms with van der Waals surface area (Å²) in [4.78, 5) is 4.99. The largest absolute Gasteiger partial charge is 0.310 e. The molecule has 88 heavy (non-hydrogen) atoms. The lowest BCUT2D eigenvalue weighted by Gasteiger charge is -2.30. The lowest BCUT2D eigenvalue weighted by molar-refractivity contribution is 0.801. The second kappa shape index (κ2) is 22.1. The van der Waals surface area contributed by atoms with E-state index in [1.54, 1.807) is 0 Å². The van der Waals surface area contributed by atoms with Crippen molar-refractivity contribution in [3.05, 3.63) is 308 Å². The molecule has 0 saturated carbocycles. The van der Waals surface area contributed by atoms with Crippen molar-refractivity contribution in [2.75, 3.05) is 9.80 Å². The van der Waals surface area contributed by atoms with Crippen LogP contribution in [0.5, 0.6) is 0 Å². The Kier molecular flexibility index (Phi) is 13.8. The van der Waals surface area contributed by atoms with Gasteiger partial charge >= 0.3 is 0 Å². The second-order valence-corrected chi connectivity index (χ2v) is 36.2. The smallest absolute Gasteiger partial charge is 0.0775 e. The van der Waals surface area contributed by atoms with E-state index in [9.17, 15) is 0 Å². The lowest BCUT2D eigenvalue weighted by atomic mass is 9.78. The van der Waals surface area contributed by atoms with Crippen LogP contribution in [-0.2, 0) is 0 Å². The summed E-state index contributed by atoms with van der Waals surface area (Å²) in [6.45, 7) is 14.6. The zero-order valence-corrected chi connectivity index (χ0v) is 53.0. The first kappa shape index (κ1) is 54.8. The Labute approximate surface area is 520 Å². The van der Waals surface area contributed by atoms with Crippen LogP contribution in [-0.4, -0.2) is 16.1 Å². The topological polar surface area (TPSA) is 6.48 Å². The highest BCUT2D eigenvalue weighted by Crippen LogP contribution is 2.50. The molecular formula is C84H70N2Si2. The highest BCUT2D eigenvalue weighted by molar-refractivity contribution is 6.89. The fraction of sp³-hybridized carbons (Fsp3) is 0.0952. The molecule has 0 heterocycles. The van der Waals surface area contributed by atoms with Crippen molar-refractivity contribution in [2.45, 2.75) is 45.7 Å². The third-order valence-electron chi connectivity index (χ3n) is 18.5. The summed E-state index contributed by atoms with van der Waals surface area (Å²) in [5.41, 5.74) is 17.9. The third-order valence-corrected chi connectivity index (χ3v) is 22.6. The van der Waals surface area contributed by atoms with E-state index in [-0.39, 0.29) is 0 Å². The lowest BCUT2D eigenvalue weighted by Crippen LogP contribution is -2.37. The van der Waals surface area contributed by atoms with Crippen molar-refractivity contribution >= 4 is 120 Å². The van der Waals surface area contributed by atoms with Crippen LogP contribution in [0.1, 0.15) is 12.0 Å². The predicted octanol–water partition coefficient (Wildman–Crippen LogP) is 22.9. The van der Waals surface area contributed by atoms with Crippen LogP contribution in [0.2, 0.25) is 39.3 Å². The first-order chi connectivity index (χ1) is 42.9. The highest BCUT2D eigenvalue weighted by atomic mass is 28.3. The molecule has 15 rings (SSSR count). The fourth-order valence-corrected chi connectivity index (χ4v) is 16.2. The molecule has 0 bridgehead atoms. The number of fused-ring (bicyclic) bond motifs is 6. The van der Waals surface area contributed by atoms with E-state index in [0.717, 1.165) is 46.1 Å². The molecule has 13 aromatic rings. The summed E-state index contributed by atoms with van der Waals surface area (Å²) in [5.74, 6) is 0.339. The van der Waals surface area contributed by atoms with Gasteiger partial charge in [-0.2, -0.15) is 0 Å². The van der Waals surface area contributed by atoms with Crippen molar-refractivity contribution in [1.82, 2.24) is 0 Å². The Balaban J connectivity index is 1.02. The van der Waals surface area contributed by atoms with Gasteiger partial charge in [-0.1, -0.05) is 286 Å². The Bertz CT molecular complexity index is 4980. The molecule has 1 atom stereocenters. The van der Waals surface area contributed by atoms with Crippen LogP contribution in [0.15, 0.2) is 303 Å². The van der Waals surface area contributed by atoms with Gasteiger partial charge in [0.1, 0.15) is 0 Å². The minimum absolute atomic E-state index is 0.339. The summed E-state index contributed by atoms with van der Waals surface area (Å²) in [5, 5.41) is 15.0. The zero-order chi connectivity index (χ0) is 59.7. The number of allylic oxidation sites excluding steroid dienone is 8. The number of anilines is 6. The zero-order valence-electron chi connectivity index (χ0n) is 51.0. The van der Waals surface area contributed by atoms with Gasteiger partial charge in [-0.3, -0.25) is 0 Å². The molecule has 2 aliphatic rings. The number of hydrogen-bond acceptors (Lipinski definition) is 2. The highest BCUT2D eigenvalue weighted by Gasteiger charge is 2.27. The van der Waals surface area contributed by atoms with Crippen molar-refractivity contribution in [1.29, 1.82) is 0 Å². The van der Waals surface area contributed by atoms with Crippen molar-refractivity contribution in [3.8, 4) is 33.4 Å². The molecule has 0 radical (unpaired) electrons. The van der Waals surface area contributed by atoms with Gasteiger partial charge in [0.15, 0.2) is 0 Å². The van der Waals surface area contributed by atoms with Crippen LogP contribution in [0.3, 0.4) is 0 Å². The average Bonchev–Trinajstić information content (AvgIpc) is 0.848. The molecule has 0 aromatic heterocycles. The van der Waals surface area contributed by atoms with E-state index >= 15 is 0 Å². The minimum Gasteiger partial charge on any atom is -0.310 e. The van der Waals surface area contributed by atoms with E-state index in [1.165, 1.54) is 109 Å². The van der Waals surface area contributed by atoms with Crippen LogP contribution in [0.4, 0.5) is 34.1 Å². The van der Waals surface area contributed by atoms with E-state index in [4.69, 9.17) is 0 Å². The molecule has 0 saturated heterocycles. The summed E-state index contributed by atoms with van der Waals surface area (Å²) in [7, 11) is -3.21. The number of hydrogen-bond donors (Lipinski definition) is 0. The van der Waals surface area contributed by atoms with E-state index < -0.39 is 16.1 Å². The molecule has 0 spiro atoms. The first-order valence-corrected chi connectivity index (χ1v) is 38.2. The molecule has 1 unspecified atom stereocenters. The van der Waals surface area contributed by atoms with E-state index in [2.05, 4.69) is 346 Å². The predicted molar refractivity (Wildman–Crippen MR) is 388 cm³/mol. The maximum atomic E-state index is 2.50. The van der Waals surface area contributed by atoms with Crippen molar-refractivity contribution < 1.29 is 0 Å². The van der Waals surface area contributed by atoms with Gasteiger partial charge in [-0.05, 0) is 160 Å². The van der Waals surface area contributed by atoms with Crippen molar-refractivity contribution in [3.63, 3.8) is 0 Å². The van der Waals surface area contributed by atoms with Crippen molar-refractivity contribution in [2.24, 2.45) is 5.92 Å². The van der Waals surface area contributed by atoms with Crippen LogP contribution in [0, 0.1) is 5.92 Å². The van der Waals surface area contributed by atoms with Gasteiger partial charge in [-0.25, -0.2) is 0 Å². The SMILES string of the molecule is C[Si](C)(C)c1ccc(N(c2ccc3c(-c4ccc(-c5cccc6ccccc56)cc4)c4cc(N(c5ccc([Si](C)(C)C)cc5)c5cccc6ccccc56)ccc4c(-c4ccc(C5=CC=CC6=CC=CCC65)cc4)c3c2)c2cccc3ccccc23)cc1. The number of nitrogens with zero attached hydrogens (tertiary/aromatic N) is 2. The van der Waals surface area contributed by atoms with Gasteiger partial charge < -0.3 is 9.80 Å². The molecule has 0 amide bonds. The summed E-state index contributed by atoms with van der Waals surface area (Å²) < 4.78 is 0. The normalized spacial score (nSPS) is 14.1. The Morgan fingerprint density at radius 2 is 0.750 bits per heavy atom. The average molecular weight is 1160 g/mol. The Morgan fingerprint density at radius 3 is 1.25 bits per heavy atom. The minimum atomic E-state index is -1.60. The molecule has 0 aliphatic heterocycles.